The molecule has 2 rings (SSSR count). The van der Waals surface area contributed by atoms with Crippen LogP contribution in [0.2, 0.25) is 0 Å². The molecule has 218 valence electrons. The lowest BCUT2D eigenvalue weighted by Crippen LogP contribution is -2.34. The summed E-state index contributed by atoms with van der Waals surface area (Å²) in [6.07, 6.45) is 12.5. The molecular weight excluding hydrogens is 510 g/mol. The Hall–Kier alpha value is -3.88. The van der Waals surface area contributed by atoms with Crippen LogP contribution >= 0.6 is 0 Å². The summed E-state index contributed by atoms with van der Waals surface area (Å²) >= 11 is 0. The van der Waals surface area contributed by atoms with Crippen LogP contribution in [-0.2, 0) is 9.59 Å². The van der Waals surface area contributed by atoms with Crippen molar-refractivity contribution in [2.75, 3.05) is 20.3 Å². The fourth-order valence-electron chi connectivity index (χ4n) is 3.93. The molecule has 0 radical (unpaired) electrons. The van der Waals surface area contributed by atoms with Crippen molar-refractivity contribution in [3.63, 3.8) is 0 Å². The average molecular weight is 554 g/mol. The average Bonchev–Trinajstić information content (AvgIpc) is 2.96. The SMILES string of the molecule is CCCCCCCCCCCC(=O)NCC(=O)NN=Cc1ccc(OC(=O)c2ccc(OC)cc2)c(OCC)c1. The van der Waals surface area contributed by atoms with Gasteiger partial charge in [-0.1, -0.05) is 58.3 Å². The quantitative estimate of drug-likeness (QED) is 0.0747. The lowest BCUT2D eigenvalue weighted by Gasteiger charge is -2.11. The minimum atomic E-state index is -0.530. The summed E-state index contributed by atoms with van der Waals surface area (Å²) in [5, 5.41) is 6.57. The van der Waals surface area contributed by atoms with E-state index >= 15 is 0 Å². The second-order valence-corrected chi connectivity index (χ2v) is 9.41. The van der Waals surface area contributed by atoms with E-state index in [1.807, 2.05) is 6.92 Å². The highest BCUT2D eigenvalue weighted by Gasteiger charge is 2.13. The third kappa shape index (κ3) is 12.8. The molecule has 9 heteroatoms. The van der Waals surface area contributed by atoms with Gasteiger partial charge in [-0.05, 0) is 61.4 Å². The zero-order valence-electron chi connectivity index (χ0n) is 24.0. The number of methoxy groups -OCH3 is 1. The predicted molar refractivity (Wildman–Crippen MR) is 156 cm³/mol. The third-order valence-corrected chi connectivity index (χ3v) is 6.15. The number of ether oxygens (including phenoxy) is 3. The molecule has 40 heavy (non-hydrogen) atoms. The van der Waals surface area contributed by atoms with Gasteiger partial charge in [0.2, 0.25) is 5.91 Å². The minimum absolute atomic E-state index is 0.136. The van der Waals surface area contributed by atoms with Gasteiger partial charge in [-0.2, -0.15) is 5.10 Å². The number of hydrazone groups is 1. The molecule has 0 aliphatic heterocycles. The van der Waals surface area contributed by atoms with E-state index in [0.29, 0.717) is 35.7 Å². The summed E-state index contributed by atoms with van der Waals surface area (Å²) in [6.45, 7) is 4.26. The van der Waals surface area contributed by atoms with E-state index in [9.17, 15) is 14.4 Å². The Morgan fingerprint density at radius 2 is 1.50 bits per heavy atom. The number of amides is 2. The molecule has 0 saturated carbocycles. The van der Waals surface area contributed by atoms with Gasteiger partial charge in [0, 0.05) is 6.42 Å². The Labute approximate surface area is 237 Å². The Balaban J connectivity index is 1.73. The number of carbonyl (C=O) groups excluding carboxylic acids is 3. The van der Waals surface area contributed by atoms with Crippen LogP contribution in [0.25, 0.3) is 0 Å². The van der Waals surface area contributed by atoms with Crippen molar-refractivity contribution >= 4 is 24.0 Å². The summed E-state index contributed by atoms with van der Waals surface area (Å²) in [4.78, 5) is 36.6. The van der Waals surface area contributed by atoms with Crippen molar-refractivity contribution in [3.05, 3.63) is 53.6 Å². The molecule has 0 aliphatic carbocycles. The smallest absolute Gasteiger partial charge is 0.343 e. The highest BCUT2D eigenvalue weighted by atomic mass is 16.6. The Bertz CT molecular complexity index is 1080. The van der Waals surface area contributed by atoms with Gasteiger partial charge in [0.15, 0.2) is 11.5 Å². The number of hydrogen-bond donors (Lipinski definition) is 2. The number of unbranched alkanes of at least 4 members (excludes halogenated alkanes) is 8. The molecule has 0 aliphatic rings. The highest BCUT2D eigenvalue weighted by Crippen LogP contribution is 2.29. The number of nitrogens with one attached hydrogen (secondary N) is 2. The fraction of sp³-hybridized carbons (Fsp3) is 0.484. The van der Waals surface area contributed by atoms with Crippen LogP contribution in [0.3, 0.4) is 0 Å². The van der Waals surface area contributed by atoms with Crippen LogP contribution in [0.4, 0.5) is 0 Å². The summed E-state index contributed by atoms with van der Waals surface area (Å²) in [7, 11) is 1.55. The first-order valence-corrected chi connectivity index (χ1v) is 14.2. The number of esters is 1. The van der Waals surface area contributed by atoms with E-state index in [-0.39, 0.29) is 18.2 Å². The lowest BCUT2D eigenvalue weighted by atomic mass is 10.1. The first kappa shape index (κ1) is 32.3. The van der Waals surface area contributed by atoms with Crippen molar-refractivity contribution in [2.45, 2.75) is 78.1 Å². The first-order valence-electron chi connectivity index (χ1n) is 14.2. The fourth-order valence-corrected chi connectivity index (χ4v) is 3.93. The number of rotatable bonds is 19. The van der Waals surface area contributed by atoms with Gasteiger partial charge in [-0.3, -0.25) is 9.59 Å². The normalized spacial score (nSPS) is 10.8. The van der Waals surface area contributed by atoms with Crippen LogP contribution in [0.15, 0.2) is 47.6 Å². The van der Waals surface area contributed by atoms with Gasteiger partial charge in [0.1, 0.15) is 5.75 Å². The minimum Gasteiger partial charge on any atom is -0.497 e. The maximum absolute atomic E-state index is 12.5. The van der Waals surface area contributed by atoms with E-state index in [0.717, 1.165) is 19.3 Å². The summed E-state index contributed by atoms with van der Waals surface area (Å²) in [5.74, 6) is 0.174. The van der Waals surface area contributed by atoms with Gasteiger partial charge < -0.3 is 19.5 Å². The Kier molecular flexibility index (Phi) is 15.5. The molecule has 2 aromatic carbocycles. The molecule has 0 spiro atoms. The van der Waals surface area contributed by atoms with E-state index in [4.69, 9.17) is 14.2 Å². The largest absolute Gasteiger partial charge is 0.497 e. The van der Waals surface area contributed by atoms with E-state index in [1.165, 1.54) is 44.7 Å². The highest BCUT2D eigenvalue weighted by molar-refractivity contribution is 5.92. The molecule has 0 saturated heterocycles. The monoisotopic (exact) mass is 553 g/mol. The zero-order chi connectivity index (χ0) is 29.0. The molecule has 2 amide bonds. The second kappa shape index (κ2) is 19.2. The summed E-state index contributed by atoms with van der Waals surface area (Å²) in [5.41, 5.74) is 3.40. The van der Waals surface area contributed by atoms with Crippen LogP contribution < -0.4 is 25.0 Å². The molecule has 9 nitrogen and oxygen atoms in total. The van der Waals surface area contributed by atoms with Gasteiger partial charge in [-0.15, -0.1) is 0 Å². The number of hydrogen-bond acceptors (Lipinski definition) is 7. The summed E-state index contributed by atoms with van der Waals surface area (Å²) in [6, 6.07) is 11.5. The van der Waals surface area contributed by atoms with E-state index < -0.39 is 11.9 Å². The Morgan fingerprint density at radius 1 is 0.825 bits per heavy atom. The second-order valence-electron chi connectivity index (χ2n) is 9.41. The summed E-state index contributed by atoms with van der Waals surface area (Å²) < 4.78 is 16.2. The Morgan fingerprint density at radius 3 is 2.15 bits per heavy atom. The number of carbonyl (C=O) groups is 3. The molecular formula is C31H43N3O6. The molecule has 0 fully saturated rings. The standard InChI is InChI=1S/C31H43N3O6/c1-4-6-7-8-9-10-11-12-13-14-29(35)32-23-30(36)34-33-22-24-15-20-27(28(21-24)39-5-2)40-31(37)25-16-18-26(38-3)19-17-25/h15-22H,4-14,23H2,1-3H3,(H,32,35)(H,34,36). The van der Waals surface area contributed by atoms with Crippen molar-refractivity contribution in [3.8, 4) is 17.2 Å². The molecule has 0 heterocycles. The van der Waals surface area contributed by atoms with Crippen LogP contribution in [0, 0.1) is 0 Å². The van der Waals surface area contributed by atoms with Gasteiger partial charge >= 0.3 is 5.97 Å². The maximum Gasteiger partial charge on any atom is 0.343 e. The molecule has 0 aromatic heterocycles. The molecule has 0 bridgehead atoms. The van der Waals surface area contributed by atoms with Crippen LogP contribution in [0.1, 0.15) is 94.0 Å². The van der Waals surface area contributed by atoms with Crippen molar-refractivity contribution in [2.24, 2.45) is 5.10 Å². The third-order valence-electron chi connectivity index (χ3n) is 6.15. The number of nitrogens with zero attached hydrogens (tertiary/aromatic N) is 1. The van der Waals surface area contributed by atoms with Crippen LogP contribution in [-0.4, -0.2) is 44.3 Å². The van der Waals surface area contributed by atoms with Gasteiger partial charge in [-0.25, -0.2) is 10.2 Å². The first-order chi connectivity index (χ1) is 19.5. The van der Waals surface area contributed by atoms with Crippen molar-refractivity contribution in [1.29, 1.82) is 0 Å². The van der Waals surface area contributed by atoms with Gasteiger partial charge in [0.25, 0.3) is 5.91 Å². The molecule has 2 N–H and O–H groups in total. The molecule has 2 aromatic rings. The lowest BCUT2D eigenvalue weighted by molar-refractivity contribution is -0.126. The molecule has 0 atom stereocenters. The number of benzene rings is 2. The molecule has 0 unspecified atom stereocenters. The van der Waals surface area contributed by atoms with Gasteiger partial charge in [0.05, 0.1) is 32.0 Å². The van der Waals surface area contributed by atoms with E-state index in [2.05, 4.69) is 22.8 Å². The zero-order valence-corrected chi connectivity index (χ0v) is 24.0. The van der Waals surface area contributed by atoms with Crippen molar-refractivity contribution < 1.29 is 28.6 Å². The predicted octanol–water partition coefficient (Wildman–Crippen LogP) is 5.80. The van der Waals surface area contributed by atoms with E-state index in [1.54, 1.807) is 49.6 Å². The van der Waals surface area contributed by atoms with Crippen LogP contribution in [0.5, 0.6) is 17.2 Å². The maximum atomic E-state index is 12.5. The topological polar surface area (TPSA) is 115 Å². The van der Waals surface area contributed by atoms with Crippen molar-refractivity contribution in [1.82, 2.24) is 10.7 Å².